The molecule has 0 radical (unpaired) electrons. The molecule has 20 heavy (non-hydrogen) atoms. The van der Waals surface area contributed by atoms with E-state index in [0.29, 0.717) is 18.4 Å². The molecule has 1 aromatic heterocycles. The van der Waals surface area contributed by atoms with Gasteiger partial charge < -0.3 is 9.64 Å². The molecule has 1 aliphatic rings. The van der Waals surface area contributed by atoms with Crippen LogP contribution >= 0.6 is 11.6 Å². The molecule has 1 fully saturated rings. The number of rotatable bonds is 6. The van der Waals surface area contributed by atoms with Crippen LogP contribution in [-0.4, -0.2) is 35.5 Å². The molecule has 0 bridgehead atoms. The Kier molecular flexibility index (Phi) is 5.89. The van der Waals surface area contributed by atoms with Gasteiger partial charge in [-0.25, -0.2) is 4.98 Å². The SMILES string of the molecule is CCCOc1cc(C)nc(N2CCCC(CCCl)C2)n1. The highest BCUT2D eigenvalue weighted by molar-refractivity contribution is 6.17. The van der Waals surface area contributed by atoms with Crippen LogP contribution in [0.5, 0.6) is 5.88 Å². The lowest BCUT2D eigenvalue weighted by Gasteiger charge is -2.32. The zero-order chi connectivity index (χ0) is 14.4. The maximum absolute atomic E-state index is 5.87. The number of hydrogen-bond acceptors (Lipinski definition) is 4. The van der Waals surface area contributed by atoms with Gasteiger partial charge in [-0.05, 0) is 38.5 Å². The Bertz CT molecular complexity index is 426. The lowest BCUT2D eigenvalue weighted by molar-refractivity contribution is 0.303. The fraction of sp³-hybridized carbons (Fsp3) is 0.733. The number of hydrogen-bond donors (Lipinski definition) is 0. The predicted molar refractivity (Wildman–Crippen MR) is 82.8 cm³/mol. The number of halogens is 1. The number of aromatic nitrogens is 2. The highest BCUT2D eigenvalue weighted by atomic mass is 35.5. The molecular weight excluding hydrogens is 274 g/mol. The molecule has 0 N–H and O–H groups in total. The van der Waals surface area contributed by atoms with E-state index >= 15 is 0 Å². The number of ether oxygens (including phenoxy) is 1. The second-order valence-electron chi connectivity index (χ2n) is 5.43. The van der Waals surface area contributed by atoms with Gasteiger partial charge in [0.05, 0.1) is 6.61 Å². The summed E-state index contributed by atoms with van der Waals surface area (Å²) in [5.74, 6) is 2.88. The zero-order valence-corrected chi connectivity index (χ0v) is 13.2. The van der Waals surface area contributed by atoms with Crippen molar-refractivity contribution >= 4 is 17.5 Å². The van der Waals surface area contributed by atoms with E-state index in [0.717, 1.165) is 43.5 Å². The summed E-state index contributed by atoms with van der Waals surface area (Å²) in [6.07, 6.45) is 4.50. The summed E-state index contributed by atoms with van der Waals surface area (Å²) in [6.45, 7) is 6.81. The van der Waals surface area contributed by atoms with Gasteiger partial charge in [-0.1, -0.05) is 6.92 Å². The van der Waals surface area contributed by atoms with Gasteiger partial charge in [0, 0.05) is 30.7 Å². The molecule has 1 unspecified atom stereocenters. The van der Waals surface area contributed by atoms with E-state index in [2.05, 4.69) is 21.8 Å². The first kappa shape index (κ1) is 15.4. The Morgan fingerprint density at radius 1 is 1.45 bits per heavy atom. The zero-order valence-electron chi connectivity index (χ0n) is 12.4. The first-order valence-corrected chi connectivity index (χ1v) is 8.05. The van der Waals surface area contributed by atoms with E-state index in [1.54, 1.807) is 0 Å². The summed E-state index contributed by atoms with van der Waals surface area (Å²) in [7, 11) is 0. The molecule has 0 aromatic carbocycles. The molecule has 0 aliphatic carbocycles. The minimum atomic E-state index is 0.658. The van der Waals surface area contributed by atoms with Crippen LogP contribution in [0.1, 0.15) is 38.3 Å². The summed E-state index contributed by atoms with van der Waals surface area (Å²) < 4.78 is 5.64. The highest BCUT2D eigenvalue weighted by Gasteiger charge is 2.22. The quantitative estimate of drug-likeness (QED) is 0.754. The summed E-state index contributed by atoms with van der Waals surface area (Å²) in [5, 5.41) is 0. The first-order valence-electron chi connectivity index (χ1n) is 7.52. The molecule has 0 spiro atoms. The standard InChI is InChI=1S/C15H24ClN3O/c1-3-9-20-14-10-12(2)17-15(18-14)19-8-4-5-13(11-19)6-7-16/h10,13H,3-9,11H2,1-2H3. The molecule has 112 valence electrons. The van der Waals surface area contributed by atoms with Crippen LogP contribution in [-0.2, 0) is 0 Å². The van der Waals surface area contributed by atoms with E-state index in [9.17, 15) is 0 Å². The van der Waals surface area contributed by atoms with Crippen molar-refractivity contribution in [2.75, 3.05) is 30.5 Å². The van der Waals surface area contributed by atoms with Gasteiger partial charge in [0.2, 0.25) is 11.8 Å². The maximum Gasteiger partial charge on any atom is 0.228 e. The van der Waals surface area contributed by atoms with Crippen LogP contribution < -0.4 is 9.64 Å². The molecule has 2 heterocycles. The van der Waals surface area contributed by atoms with E-state index in [1.807, 2.05) is 13.0 Å². The molecule has 5 heteroatoms. The fourth-order valence-electron chi connectivity index (χ4n) is 2.58. The highest BCUT2D eigenvalue weighted by Crippen LogP contribution is 2.24. The molecule has 0 amide bonds. The second-order valence-corrected chi connectivity index (χ2v) is 5.81. The summed E-state index contributed by atoms with van der Waals surface area (Å²) in [4.78, 5) is 11.4. The molecule has 0 saturated carbocycles. The Labute approximate surface area is 126 Å². The number of alkyl halides is 1. The topological polar surface area (TPSA) is 38.2 Å². The van der Waals surface area contributed by atoms with Gasteiger partial charge >= 0.3 is 0 Å². The summed E-state index contributed by atoms with van der Waals surface area (Å²) >= 11 is 5.87. The van der Waals surface area contributed by atoms with Crippen LogP contribution in [0.15, 0.2) is 6.07 Å². The van der Waals surface area contributed by atoms with Crippen LogP contribution in [0.2, 0.25) is 0 Å². The lowest BCUT2D eigenvalue weighted by Crippen LogP contribution is -2.36. The van der Waals surface area contributed by atoms with Gasteiger partial charge in [0.25, 0.3) is 0 Å². The van der Waals surface area contributed by atoms with E-state index in [-0.39, 0.29) is 0 Å². The van der Waals surface area contributed by atoms with Crippen molar-refractivity contribution in [1.29, 1.82) is 0 Å². The largest absolute Gasteiger partial charge is 0.478 e. The van der Waals surface area contributed by atoms with Crippen LogP contribution in [0, 0.1) is 12.8 Å². The van der Waals surface area contributed by atoms with Gasteiger partial charge in [-0.15, -0.1) is 11.6 Å². The van der Waals surface area contributed by atoms with E-state index in [4.69, 9.17) is 16.3 Å². The molecule has 1 saturated heterocycles. The molecule has 1 aliphatic heterocycles. The maximum atomic E-state index is 5.87. The number of anilines is 1. The van der Waals surface area contributed by atoms with Crippen molar-refractivity contribution in [3.8, 4) is 5.88 Å². The van der Waals surface area contributed by atoms with Crippen molar-refractivity contribution in [2.24, 2.45) is 5.92 Å². The Hall–Kier alpha value is -1.03. The van der Waals surface area contributed by atoms with Crippen LogP contribution in [0.25, 0.3) is 0 Å². The number of piperidine rings is 1. The van der Waals surface area contributed by atoms with Crippen molar-refractivity contribution < 1.29 is 4.74 Å². The fourth-order valence-corrected chi connectivity index (χ4v) is 2.89. The minimum Gasteiger partial charge on any atom is -0.478 e. The van der Waals surface area contributed by atoms with Gasteiger partial charge in [-0.2, -0.15) is 4.98 Å². The molecule has 2 rings (SSSR count). The van der Waals surface area contributed by atoms with Gasteiger partial charge in [0.15, 0.2) is 0 Å². The third-order valence-electron chi connectivity index (χ3n) is 3.59. The molecular formula is C15H24ClN3O. The summed E-state index contributed by atoms with van der Waals surface area (Å²) in [5.41, 5.74) is 0.959. The van der Waals surface area contributed by atoms with E-state index in [1.165, 1.54) is 12.8 Å². The third-order valence-corrected chi connectivity index (χ3v) is 3.81. The molecule has 1 atom stereocenters. The smallest absolute Gasteiger partial charge is 0.228 e. The second kappa shape index (κ2) is 7.67. The number of nitrogens with zero attached hydrogens (tertiary/aromatic N) is 3. The van der Waals surface area contributed by atoms with Crippen molar-refractivity contribution in [3.63, 3.8) is 0 Å². The monoisotopic (exact) mass is 297 g/mol. The average molecular weight is 298 g/mol. The van der Waals surface area contributed by atoms with Crippen molar-refractivity contribution in [3.05, 3.63) is 11.8 Å². The average Bonchev–Trinajstić information content (AvgIpc) is 2.45. The predicted octanol–water partition coefficient (Wildman–Crippen LogP) is 3.42. The van der Waals surface area contributed by atoms with Gasteiger partial charge in [-0.3, -0.25) is 0 Å². The van der Waals surface area contributed by atoms with Gasteiger partial charge in [0.1, 0.15) is 0 Å². The Balaban J connectivity index is 2.08. The molecule has 4 nitrogen and oxygen atoms in total. The first-order chi connectivity index (χ1) is 9.72. The van der Waals surface area contributed by atoms with Crippen LogP contribution in [0.4, 0.5) is 5.95 Å². The summed E-state index contributed by atoms with van der Waals surface area (Å²) in [6, 6.07) is 1.90. The van der Waals surface area contributed by atoms with Crippen LogP contribution in [0.3, 0.4) is 0 Å². The van der Waals surface area contributed by atoms with Crippen molar-refractivity contribution in [2.45, 2.75) is 39.5 Å². The lowest BCUT2D eigenvalue weighted by atomic mass is 9.96. The van der Waals surface area contributed by atoms with E-state index < -0.39 is 0 Å². The van der Waals surface area contributed by atoms with Crippen molar-refractivity contribution in [1.82, 2.24) is 9.97 Å². The Morgan fingerprint density at radius 3 is 3.05 bits per heavy atom. The normalized spacial score (nSPS) is 19.1. The third kappa shape index (κ3) is 4.23. The minimum absolute atomic E-state index is 0.658. The molecule has 1 aromatic rings. The Morgan fingerprint density at radius 2 is 2.30 bits per heavy atom. The number of aryl methyl sites for hydroxylation is 1.